The molecule has 5 atom stereocenters. The van der Waals surface area contributed by atoms with E-state index in [1.807, 2.05) is 42.5 Å². The van der Waals surface area contributed by atoms with E-state index in [-0.39, 0.29) is 51.7 Å². The highest BCUT2D eigenvalue weighted by molar-refractivity contribution is 7.91. The Morgan fingerprint density at radius 2 is 1.78 bits per heavy atom. The first-order valence-electron chi connectivity index (χ1n) is 22.4. The number of piperidine rings is 1. The van der Waals surface area contributed by atoms with Gasteiger partial charge >= 0.3 is 6.18 Å². The second-order valence-corrected chi connectivity index (χ2v) is 20.2. The van der Waals surface area contributed by atoms with Gasteiger partial charge in [-0.25, -0.2) is 13.4 Å². The summed E-state index contributed by atoms with van der Waals surface area (Å²) in [5.74, 6) is -4.66. The van der Waals surface area contributed by atoms with Crippen LogP contribution in [0.3, 0.4) is 0 Å². The number of rotatable bonds is 8. The second-order valence-electron chi connectivity index (χ2n) is 18.3. The third-order valence-electron chi connectivity index (χ3n) is 13.9. The van der Waals surface area contributed by atoms with E-state index in [1.165, 1.54) is 15.4 Å². The molecule has 17 heteroatoms. The lowest BCUT2D eigenvalue weighted by Crippen LogP contribution is -2.57. The molecular formula is C46H53F3N6O7S. The van der Waals surface area contributed by atoms with Gasteiger partial charge in [0.15, 0.2) is 0 Å². The number of alkyl halides is 3. The molecule has 3 aliphatic carbocycles. The molecule has 0 bridgehead atoms. The first-order valence-corrected chi connectivity index (χ1v) is 24.0. The first-order chi connectivity index (χ1) is 30.2. The number of sulfonamides is 1. The minimum atomic E-state index is -4.35. The number of aromatic nitrogens is 2. The van der Waals surface area contributed by atoms with Crippen LogP contribution < -0.4 is 14.8 Å². The van der Waals surface area contributed by atoms with E-state index in [0.717, 1.165) is 48.6 Å². The van der Waals surface area contributed by atoms with Crippen molar-refractivity contribution in [3.63, 3.8) is 0 Å². The second kappa shape index (κ2) is 17.1. The summed E-state index contributed by atoms with van der Waals surface area (Å²) in [6.45, 7) is -0.163. The monoisotopic (exact) mass is 890 g/mol. The summed E-state index contributed by atoms with van der Waals surface area (Å²) >= 11 is 0. The molecule has 2 saturated carbocycles. The zero-order valence-corrected chi connectivity index (χ0v) is 35.9. The van der Waals surface area contributed by atoms with Gasteiger partial charge in [0, 0.05) is 55.4 Å². The van der Waals surface area contributed by atoms with E-state index < -0.39 is 80.5 Å². The summed E-state index contributed by atoms with van der Waals surface area (Å²) < 4.78 is 75.5. The fraction of sp³-hybridized carbons (Fsp3) is 0.565. The van der Waals surface area contributed by atoms with Crippen LogP contribution in [0.4, 0.5) is 13.2 Å². The normalized spacial score (nSPS) is 27.7. The van der Waals surface area contributed by atoms with E-state index in [4.69, 9.17) is 9.72 Å². The van der Waals surface area contributed by atoms with Crippen LogP contribution in [-0.2, 0) is 42.0 Å². The number of carbonyl (C=O) groups is 4. The Kier molecular flexibility index (Phi) is 11.8. The van der Waals surface area contributed by atoms with Crippen LogP contribution >= 0.6 is 0 Å². The van der Waals surface area contributed by atoms with Gasteiger partial charge in [0.1, 0.15) is 23.4 Å². The van der Waals surface area contributed by atoms with E-state index in [1.54, 1.807) is 6.20 Å². The Morgan fingerprint density at radius 3 is 2.52 bits per heavy atom. The van der Waals surface area contributed by atoms with Crippen molar-refractivity contribution in [3.8, 4) is 17.1 Å². The Balaban J connectivity index is 1.03. The summed E-state index contributed by atoms with van der Waals surface area (Å²) in [5.41, 5.74) is 2.84. The lowest BCUT2D eigenvalue weighted by molar-refractivity contribution is -0.186. The van der Waals surface area contributed by atoms with Crippen LogP contribution in [0.25, 0.3) is 22.3 Å². The van der Waals surface area contributed by atoms with Crippen LogP contribution in [0.5, 0.6) is 5.75 Å². The largest absolute Gasteiger partial charge is 0.488 e. The maximum absolute atomic E-state index is 14.9. The van der Waals surface area contributed by atoms with Gasteiger partial charge in [-0.15, -0.1) is 0 Å². The third-order valence-corrected chi connectivity index (χ3v) is 15.7. The molecule has 336 valence electrons. The first kappa shape index (κ1) is 43.2. The van der Waals surface area contributed by atoms with Crippen molar-refractivity contribution in [3.05, 3.63) is 65.9 Å². The third kappa shape index (κ3) is 9.03. The van der Waals surface area contributed by atoms with Crippen LogP contribution in [0.1, 0.15) is 94.6 Å². The fourth-order valence-corrected chi connectivity index (χ4v) is 11.4. The number of halogens is 3. The van der Waals surface area contributed by atoms with E-state index >= 15 is 0 Å². The number of hydrogen-bond acceptors (Lipinski definition) is 9. The number of carbonyl (C=O) groups excluding carboxylic acids is 4. The molecule has 5 heterocycles. The minimum Gasteiger partial charge on any atom is -0.488 e. The van der Waals surface area contributed by atoms with Crippen molar-refractivity contribution < 1.29 is 45.5 Å². The van der Waals surface area contributed by atoms with Crippen molar-refractivity contribution in [1.82, 2.24) is 29.8 Å². The summed E-state index contributed by atoms with van der Waals surface area (Å²) in [4.78, 5) is 69.8. The Morgan fingerprint density at radius 1 is 0.968 bits per heavy atom. The van der Waals surface area contributed by atoms with Gasteiger partial charge < -0.3 is 19.9 Å². The Hall–Kier alpha value is -5.06. The zero-order valence-electron chi connectivity index (χ0n) is 35.1. The number of likely N-dealkylation sites (tertiary alicyclic amines) is 1. The molecule has 9 rings (SSSR count). The number of hydrogen-bond donors (Lipinski definition) is 2. The van der Waals surface area contributed by atoms with Gasteiger partial charge in [-0.05, 0) is 100.0 Å². The zero-order chi connectivity index (χ0) is 44.1. The van der Waals surface area contributed by atoms with Crippen molar-refractivity contribution in [1.29, 1.82) is 0 Å². The molecule has 2 aromatic heterocycles. The molecule has 0 unspecified atom stereocenters. The topological polar surface area (TPSA) is 168 Å². The van der Waals surface area contributed by atoms with E-state index in [2.05, 4.69) is 21.1 Å². The molecule has 4 amide bonds. The minimum absolute atomic E-state index is 0.0233. The maximum atomic E-state index is 14.9. The molecule has 4 fully saturated rings. The predicted octanol–water partition coefficient (Wildman–Crippen LogP) is 5.94. The number of pyridine rings is 2. The highest BCUT2D eigenvalue weighted by Gasteiger charge is 2.62. The maximum Gasteiger partial charge on any atom is 0.391 e. The number of nitrogens with one attached hydrogen (secondary N) is 2. The molecule has 3 aliphatic heterocycles. The molecule has 2 saturated heterocycles. The molecule has 13 nitrogen and oxygen atoms in total. The summed E-state index contributed by atoms with van der Waals surface area (Å²) in [5, 5.41) is 3.01. The van der Waals surface area contributed by atoms with Gasteiger partial charge in [0.05, 0.1) is 34.6 Å². The molecule has 0 spiro atoms. The van der Waals surface area contributed by atoms with Crippen LogP contribution in [0.2, 0.25) is 0 Å². The van der Waals surface area contributed by atoms with Gasteiger partial charge in [-0.1, -0.05) is 37.1 Å². The predicted molar refractivity (Wildman–Crippen MR) is 226 cm³/mol. The van der Waals surface area contributed by atoms with Gasteiger partial charge in [0.25, 0.3) is 5.91 Å². The lowest BCUT2D eigenvalue weighted by atomic mass is 9.92. The number of aryl methyl sites for hydroxylation is 2. The molecule has 63 heavy (non-hydrogen) atoms. The van der Waals surface area contributed by atoms with Gasteiger partial charge in [0.2, 0.25) is 27.7 Å². The summed E-state index contributed by atoms with van der Waals surface area (Å²) in [7, 11) is -3.95. The van der Waals surface area contributed by atoms with Gasteiger partial charge in [-0.2, -0.15) is 13.2 Å². The van der Waals surface area contributed by atoms with Crippen molar-refractivity contribution >= 4 is 44.6 Å². The lowest BCUT2D eigenvalue weighted by Gasteiger charge is -2.34. The summed E-state index contributed by atoms with van der Waals surface area (Å²) in [6, 6.07) is 10.3. The van der Waals surface area contributed by atoms with E-state index in [0.29, 0.717) is 49.2 Å². The van der Waals surface area contributed by atoms with Crippen molar-refractivity contribution in [2.24, 2.45) is 17.8 Å². The van der Waals surface area contributed by atoms with Gasteiger partial charge in [-0.3, -0.25) is 28.9 Å². The van der Waals surface area contributed by atoms with E-state index in [9.17, 15) is 40.8 Å². The van der Waals surface area contributed by atoms with Crippen LogP contribution in [-0.4, -0.2) is 101 Å². The van der Waals surface area contributed by atoms with Crippen LogP contribution in [0, 0.1) is 17.8 Å². The smallest absolute Gasteiger partial charge is 0.391 e. The highest BCUT2D eigenvalue weighted by Crippen LogP contribution is 2.46. The molecule has 3 aromatic rings. The number of ether oxygens (including phenoxy) is 1. The summed E-state index contributed by atoms with van der Waals surface area (Å²) in [6.07, 6.45) is 6.65. The highest BCUT2D eigenvalue weighted by atomic mass is 32.2. The molecule has 0 radical (unpaired) electrons. The number of benzene rings is 1. The number of amides is 4. The Bertz CT molecular complexity index is 2420. The molecule has 2 N–H and O–H groups in total. The molecule has 1 aromatic carbocycles. The quantitative estimate of drug-likeness (QED) is 0.260. The van der Waals surface area contributed by atoms with Crippen LogP contribution in [0.15, 0.2) is 54.7 Å². The Labute approximate surface area is 364 Å². The standard InChI is InChI=1S/C46H53F3N6O7S/c47-46(48,49)30-18-21-54(22-19-30)40(56)23-29-9-4-2-1-3-5-11-31-26-45(31,44(59)53-63(60,61)33-15-16-33)52-42(57)38-24-32(27-55(38)43(29)58)62-39-25-37(36-13-6-7-20-50-36)51-41-34-12-8-10-28(34)14-17-35(39)41/h5-7,11,13-14,17,20,25,29-33,38H,1-4,8-10,12,15-16,18-19,21-24,26-27H2,(H,52,57)(H,53,59)/b11-5-/t29-,31-,32-,38+,45-/m1/s1. The number of allylic oxidation sites excluding steroid dienone is 1. The molecular weight excluding hydrogens is 838 g/mol. The number of nitrogens with zero attached hydrogens (tertiary/aromatic N) is 4. The fourth-order valence-electron chi connectivity index (χ4n) is 10.0. The van der Waals surface area contributed by atoms with Crippen molar-refractivity contribution in [2.75, 3.05) is 19.6 Å². The number of fused-ring (bicyclic) bond motifs is 5. The van der Waals surface area contributed by atoms with Crippen molar-refractivity contribution in [2.45, 2.75) is 125 Å². The SMILES string of the molecule is O=C1N[C@]2(C(=O)NS(=O)(=O)C3CC3)C[C@H]2/C=C\CCCCC[C@H](CC(=O)N2CCC(C(F)(F)F)CC2)C(=O)N2C[C@H](Oc3cc(-c4ccccn4)nc4c5c(ccc34)CCC5)C[C@@H]12. The molecule has 6 aliphatic rings. The average molecular weight is 891 g/mol. The average Bonchev–Trinajstić information content (AvgIpc) is 4.14.